The average Bonchev–Trinajstić information content (AvgIpc) is 2.77. The zero-order chi connectivity index (χ0) is 28.6. The molecular formula is C25H25F6NO5S. The number of fused-ring (bicyclic) bond motifs is 1. The molecule has 0 amide bonds. The van der Waals surface area contributed by atoms with E-state index < -0.39 is 62.3 Å². The summed E-state index contributed by atoms with van der Waals surface area (Å²) >= 11 is 0. The Bertz CT molecular complexity index is 1330. The van der Waals surface area contributed by atoms with E-state index in [2.05, 4.69) is 8.92 Å². The third-order valence-corrected chi connectivity index (χ3v) is 6.84. The number of rotatable bonds is 7. The number of hydrogen-bond donors (Lipinski definition) is 0. The molecule has 1 aliphatic rings. The van der Waals surface area contributed by atoms with Crippen molar-refractivity contribution >= 4 is 22.2 Å². The van der Waals surface area contributed by atoms with Crippen LogP contribution in [0.4, 0.5) is 26.3 Å². The van der Waals surface area contributed by atoms with Gasteiger partial charge in [-0.3, -0.25) is 4.90 Å². The van der Waals surface area contributed by atoms with Gasteiger partial charge in [-0.2, -0.15) is 21.6 Å². The average molecular weight is 566 g/mol. The van der Waals surface area contributed by atoms with Crippen LogP contribution in [0.25, 0.3) is 6.08 Å². The number of carbonyl (C=O) groups excluding carboxylic acids is 1. The largest absolute Gasteiger partial charge is 0.534 e. The lowest BCUT2D eigenvalue weighted by molar-refractivity contribution is -0.134. The second-order valence-electron chi connectivity index (χ2n) is 9.45. The molecule has 0 bridgehead atoms. The van der Waals surface area contributed by atoms with Gasteiger partial charge in [-0.15, -0.1) is 0 Å². The summed E-state index contributed by atoms with van der Waals surface area (Å²) in [4.78, 5) is 12.9. The third-order valence-electron chi connectivity index (χ3n) is 5.86. The molecule has 6 nitrogen and oxygen atoms in total. The summed E-state index contributed by atoms with van der Waals surface area (Å²) in [6, 6.07) is 3.38. The molecule has 0 saturated heterocycles. The first kappa shape index (κ1) is 29.5. The fourth-order valence-electron chi connectivity index (χ4n) is 4.32. The molecule has 0 aromatic heterocycles. The van der Waals surface area contributed by atoms with E-state index in [1.54, 1.807) is 6.92 Å². The van der Waals surface area contributed by atoms with E-state index >= 15 is 8.78 Å². The van der Waals surface area contributed by atoms with E-state index in [1.807, 2.05) is 0 Å². The summed E-state index contributed by atoms with van der Waals surface area (Å²) in [6.45, 7) is 3.98. The smallest absolute Gasteiger partial charge is 0.466 e. The van der Waals surface area contributed by atoms with Gasteiger partial charge in [-0.25, -0.2) is 18.0 Å². The van der Waals surface area contributed by atoms with Gasteiger partial charge in [0.15, 0.2) is 0 Å². The Labute approximate surface area is 216 Å². The molecule has 0 fully saturated rings. The normalized spacial score (nSPS) is 18.9. The summed E-state index contributed by atoms with van der Waals surface area (Å²) in [7, 11) is -4.81. The van der Waals surface area contributed by atoms with Gasteiger partial charge in [0.2, 0.25) is 0 Å². The summed E-state index contributed by atoms with van der Waals surface area (Å²) in [5, 5.41) is 0. The Balaban J connectivity index is 2.14. The maximum absolute atomic E-state index is 15.4. The van der Waals surface area contributed by atoms with Gasteiger partial charge >= 0.3 is 21.6 Å². The number of benzene rings is 2. The minimum absolute atomic E-state index is 0.0108. The first-order valence-electron chi connectivity index (χ1n) is 11.3. The van der Waals surface area contributed by atoms with Gasteiger partial charge in [0, 0.05) is 24.2 Å². The number of nitrogens with zero attached hydrogens (tertiary/aromatic N) is 1. The van der Waals surface area contributed by atoms with Crippen molar-refractivity contribution in [1.82, 2.24) is 4.90 Å². The van der Waals surface area contributed by atoms with Gasteiger partial charge < -0.3 is 8.92 Å². The second kappa shape index (κ2) is 10.6. The van der Waals surface area contributed by atoms with Crippen molar-refractivity contribution < 1.29 is 48.5 Å². The van der Waals surface area contributed by atoms with Crippen molar-refractivity contribution in [1.29, 1.82) is 0 Å². The van der Waals surface area contributed by atoms with Crippen molar-refractivity contribution in [2.24, 2.45) is 0 Å². The lowest BCUT2D eigenvalue weighted by Crippen LogP contribution is -2.48. The van der Waals surface area contributed by atoms with E-state index in [0.717, 1.165) is 43.5 Å². The highest BCUT2D eigenvalue weighted by atomic mass is 32.2. The molecule has 38 heavy (non-hydrogen) atoms. The van der Waals surface area contributed by atoms with Crippen LogP contribution in [0.1, 0.15) is 49.1 Å². The SMILES string of the molecule is COC(=O)/C=C/c1cc(F)c([C@@H]2c3ccc(OS(=O)(=O)C(F)(F)F)cc3C[C@@H](C)N2CC(C)(C)F)c(F)c1. The highest BCUT2D eigenvalue weighted by Crippen LogP contribution is 2.42. The molecule has 1 heterocycles. The predicted molar refractivity (Wildman–Crippen MR) is 126 cm³/mol. The summed E-state index contributed by atoms with van der Waals surface area (Å²) < 4.78 is 116. The Morgan fingerprint density at radius 2 is 1.71 bits per heavy atom. The van der Waals surface area contributed by atoms with Gasteiger partial charge in [-0.1, -0.05) is 6.07 Å². The highest BCUT2D eigenvalue weighted by molar-refractivity contribution is 7.88. The molecule has 0 saturated carbocycles. The molecule has 13 heteroatoms. The van der Waals surface area contributed by atoms with Crippen molar-refractivity contribution in [3.05, 3.63) is 70.3 Å². The van der Waals surface area contributed by atoms with Crippen LogP contribution in [0.2, 0.25) is 0 Å². The molecule has 2 aromatic carbocycles. The van der Waals surface area contributed by atoms with Crippen molar-refractivity contribution in [2.45, 2.75) is 50.5 Å². The molecule has 1 aliphatic heterocycles. The Kier molecular flexibility index (Phi) is 8.23. The monoisotopic (exact) mass is 565 g/mol. The molecule has 2 atom stereocenters. The van der Waals surface area contributed by atoms with E-state index in [9.17, 15) is 30.8 Å². The molecule has 3 rings (SSSR count). The number of methoxy groups -OCH3 is 1. The van der Waals surface area contributed by atoms with Crippen LogP contribution in [0, 0.1) is 11.6 Å². The lowest BCUT2D eigenvalue weighted by atomic mass is 9.83. The zero-order valence-electron chi connectivity index (χ0n) is 20.8. The van der Waals surface area contributed by atoms with Crippen LogP contribution < -0.4 is 4.18 Å². The van der Waals surface area contributed by atoms with Crippen molar-refractivity contribution in [3.8, 4) is 5.75 Å². The van der Waals surface area contributed by atoms with Crippen LogP contribution in [-0.4, -0.2) is 50.2 Å². The fourth-order valence-corrected chi connectivity index (χ4v) is 4.77. The first-order chi connectivity index (χ1) is 17.4. The number of carbonyl (C=O) groups is 1. The van der Waals surface area contributed by atoms with Gasteiger partial charge in [0.05, 0.1) is 13.2 Å². The standard InChI is InChI=1S/C25H25F6NO5S/c1-14-9-16-12-17(37-38(34,35)25(29,30)31)6-7-18(16)23(32(14)13-24(2,3)28)22-19(26)10-15(11-20(22)27)5-8-21(33)36-4/h5-8,10-12,14,23H,9,13H2,1-4H3/b8-5+/t14-,23+/m1/s1. The maximum atomic E-state index is 15.4. The Hall–Kier alpha value is -3.06. The first-order valence-corrected chi connectivity index (χ1v) is 12.7. The van der Waals surface area contributed by atoms with Crippen molar-refractivity contribution in [2.75, 3.05) is 13.7 Å². The molecule has 0 aliphatic carbocycles. The summed E-state index contributed by atoms with van der Waals surface area (Å²) in [5.74, 6) is -3.40. The summed E-state index contributed by atoms with van der Waals surface area (Å²) in [5.41, 5.74) is -7.37. The number of halogens is 6. The molecule has 0 N–H and O–H groups in total. The molecule has 0 radical (unpaired) electrons. The van der Waals surface area contributed by atoms with Crippen LogP contribution >= 0.6 is 0 Å². The molecular weight excluding hydrogens is 540 g/mol. The van der Waals surface area contributed by atoms with E-state index in [1.165, 1.54) is 24.8 Å². The van der Waals surface area contributed by atoms with Gasteiger partial charge in [-0.05, 0) is 74.2 Å². The molecule has 208 valence electrons. The third kappa shape index (κ3) is 6.49. The van der Waals surface area contributed by atoms with Crippen LogP contribution in [0.15, 0.2) is 36.4 Å². The number of esters is 1. The molecule has 0 unspecified atom stereocenters. The number of ether oxygens (including phenoxy) is 1. The van der Waals surface area contributed by atoms with E-state index in [-0.39, 0.29) is 29.7 Å². The van der Waals surface area contributed by atoms with Gasteiger partial charge in [0.25, 0.3) is 0 Å². The topological polar surface area (TPSA) is 72.9 Å². The maximum Gasteiger partial charge on any atom is 0.534 e. The van der Waals surface area contributed by atoms with Crippen LogP contribution in [0.3, 0.4) is 0 Å². The molecule has 0 spiro atoms. The van der Waals surface area contributed by atoms with Gasteiger partial charge in [0.1, 0.15) is 23.1 Å². The highest BCUT2D eigenvalue weighted by Gasteiger charge is 2.49. The second-order valence-corrected chi connectivity index (χ2v) is 11.0. The van der Waals surface area contributed by atoms with Crippen LogP contribution in [-0.2, 0) is 26.1 Å². The van der Waals surface area contributed by atoms with E-state index in [4.69, 9.17) is 0 Å². The quantitative estimate of drug-likeness (QED) is 0.146. The van der Waals surface area contributed by atoms with E-state index in [0.29, 0.717) is 0 Å². The summed E-state index contributed by atoms with van der Waals surface area (Å²) in [6.07, 6.45) is 2.22. The number of hydrogen-bond acceptors (Lipinski definition) is 6. The lowest BCUT2D eigenvalue weighted by Gasteiger charge is -2.44. The fraction of sp³-hybridized carbons (Fsp3) is 0.400. The van der Waals surface area contributed by atoms with Crippen molar-refractivity contribution in [3.63, 3.8) is 0 Å². The minimum Gasteiger partial charge on any atom is -0.466 e. The number of alkyl halides is 4. The Morgan fingerprint density at radius 3 is 2.24 bits per heavy atom. The zero-order valence-corrected chi connectivity index (χ0v) is 21.6. The molecule has 2 aromatic rings. The predicted octanol–water partition coefficient (Wildman–Crippen LogP) is 5.46. The Morgan fingerprint density at radius 1 is 1.11 bits per heavy atom. The van der Waals surface area contributed by atoms with Crippen LogP contribution in [0.5, 0.6) is 5.75 Å². The minimum atomic E-state index is -5.94.